The van der Waals surface area contributed by atoms with Gasteiger partial charge in [0.25, 0.3) is 0 Å². The smallest absolute Gasteiger partial charge is 0.243 e. The molecular weight excluding hydrogens is 345 g/mol. The predicted molar refractivity (Wildman–Crippen MR) is 90.3 cm³/mol. The molecule has 3 rings (SSSR count). The van der Waals surface area contributed by atoms with E-state index in [0.717, 1.165) is 32.6 Å². The Morgan fingerprint density at radius 2 is 1.91 bits per heavy atom. The second-order valence-electron chi connectivity index (χ2n) is 5.54. The van der Waals surface area contributed by atoms with Crippen molar-refractivity contribution in [2.24, 2.45) is 0 Å². The molecule has 0 saturated carbocycles. The van der Waals surface area contributed by atoms with Gasteiger partial charge in [0, 0.05) is 43.8 Å². The lowest BCUT2D eigenvalue weighted by molar-refractivity contribution is 0.145. The zero-order valence-electron chi connectivity index (χ0n) is 12.2. The van der Waals surface area contributed by atoms with E-state index in [4.69, 9.17) is 11.6 Å². The third-order valence-corrected chi connectivity index (χ3v) is 6.39. The van der Waals surface area contributed by atoms with Crippen LogP contribution in [0.25, 0.3) is 0 Å². The van der Waals surface area contributed by atoms with Crippen LogP contribution in [0.1, 0.15) is 6.42 Å². The van der Waals surface area contributed by atoms with Crippen LogP contribution in [-0.4, -0.2) is 62.9 Å². The minimum absolute atomic E-state index is 0. The summed E-state index contributed by atoms with van der Waals surface area (Å²) in [7, 11) is -3.42. The summed E-state index contributed by atoms with van der Waals surface area (Å²) in [6.45, 7) is 4.77. The summed E-state index contributed by atoms with van der Waals surface area (Å²) in [5.41, 5.74) is 0. The molecule has 0 aromatic heterocycles. The minimum atomic E-state index is -3.42. The maximum Gasteiger partial charge on any atom is 0.243 e. The molecule has 1 atom stereocenters. The molecule has 5 nitrogen and oxygen atoms in total. The van der Waals surface area contributed by atoms with Gasteiger partial charge >= 0.3 is 0 Å². The molecule has 2 heterocycles. The molecule has 1 N–H and O–H groups in total. The number of nitrogens with zero attached hydrogens (tertiary/aromatic N) is 2. The summed E-state index contributed by atoms with van der Waals surface area (Å²) < 4.78 is 26.8. The van der Waals surface area contributed by atoms with Crippen LogP contribution < -0.4 is 5.32 Å². The van der Waals surface area contributed by atoms with Gasteiger partial charge in [-0.1, -0.05) is 17.7 Å². The number of nitrogens with one attached hydrogen (secondary N) is 1. The van der Waals surface area contributed by atoms with Crippen LogP contribution in [0.5, 0.6) is 0 Å². The van der Waals surface area contributed by atoms with Gasteiger partial charge < -0.3 is 5.32 Å². The monoisotopic (exact) mass is 365 g/mol. The van der Waals surface area contributed by atoms with Gasteiger partial charge in [-0.15, -0.1) is 12.4 Å². The van der Waals surface area contributed by atoms with Gasteiger partial charge in [0.05, 0.1) is 4.90 Å². The van der Waals surface area contributed by atoms with E-state index in [1.807, 2.05) is 0 Å². The molecule has 2 saturated heterocycles. The summed E-state index contributed by atoms with van der Waals surface area (Å²) in [6, 6.07) is 7.04. The Labute approximate surface area is 143 Å². The van der Waals surface area contributed by atoms with E-state index in [-0.39, 0.29) is 17.3 Å². The number of piperazine rings is 1. The molecule has 8 heteroatoms. The van der Waals surface area contributed by atoms with Crippen LogP contribution >= 0.6 is 24.0 Å². The van der Waals surface area contributed by atoms with Crippen LogP contribution in [0.15, 0.2) is 29.2 Å². The first-order valence-electron chi connectivity index (χ1n) is 7.28. The predicted octanol–water partition coefficient (Wildman–Crippen LogP) is 1.43. The van der Waals surface area contributed by atoms with Gasteiger partial charge in [-0.05, 0) is 31.2 Å². The summed E-state index contributed by atoms with van der Waals surface area (Å²) in [5, 5.41) is 3.81. The zero-order valence-corrected chi connectivity index (χ0v) is 14.6. The SMILES string of the molecule is Cl.O=S(=O)(c1cccc(Cl)c1)N1CCN(C2CCNC2)CC1. The van der Waals surface area contributed by atoms with Crippen LogP contribution in [0, 0.1) is 0 Å². The average molecular weight is 366 g/mol. The zero-order chi connectivity index (χ0) is 14.9. The van der Waals surface area contributed by atoms with Gasteiger partial charge in [0.1, 0.15) is 0 Å². The molecule has 0 aliphatic carbocycles. The summed E-state index contributed by atoms with van der Waals surface area (Å²) in [5.74, 6) is 0. The fourth-order valence-corrected chi connectivity index (χ4v) is 4.76. The number of sulfonamides is 1. The highest BCUT2D eigenvalue weighted by molar-refractivity contribution is 7.89. The normalized spacial score (nSPS) is 24.1. The second kappa shape index (κ2) is 7.47. The average Bonchev–Trinajstić information content (AvgIpc) is 3.02. The van der Waals surface area contributed by atoms with Crippen LogP contribution in [-0.2, 0) is 10.0 Å². The maximum absolute atomic E-state index is 12.6. The third kappa shape index (κ3) is 3.75. The van der Waals surface area contributed by atoms with E-state index in [9.17, 15) is 8.42 Å². The standard InChI is InChI=1S/C14H20ClN3O2S.ClH/c15-12-2-1-3-14(10-12)21(19,20)18-8-6-17(7-9-18)13-4-5-16-11-13;/h1-3,10,13,16H,4-9,11H2;1H. The molecule has 0 amide bonds. The number of hydrogen-bond acceptors (Lipinski definition) is 4. The molecule has 2 aliphatic rings. The topological polar surface area (TPSA) is 52.7 Å². The molecule has 2 fully saturated rings. The van der Waals surface area contributed by atoms with Gasteiger partial charge in [0.15, 0.2) is 0 Å². The fraction of sp³-hybridized carbons (Fsp3) is 0.571. The maximum atomic E-state index is 12.6. The summed E-state index contributed by atoms with van der Waals surface area (Å²) >= 11 is 5.90. The van der Waals surface area contributed by atoms with E-state index in [0.29, 0.717) is 24.2 Å². The van der Waals surface area contributed by atoms with E-state index in [1.54, 1.807) is 22.5 Å². The van der Waals surface area contributed by atoms with Gasteiger partial charge in [-0.25, -0.2) is 8.42 Å². The van der Waals surface area contributed by atoms with E-state index in [1.165, 1.54) is 6.07 Å². The number of halogens is 2. The first-order valence-corrected chi connectivity index (χ1v) is 9.10. The Morgan fingerprint density at radius 3 is 2.50 bits per heavy atom. The molecule has 22 heavy (non-hydrogen) atoms. The molecule has 2 aliphatic heterocycles. The number of benzene rings is 1. The van der Waals surface area contributed by atoms with Crippen molar-refractivity contribution < 1.29 is 8.42 Å². The van der Waals surface area contributed by atoms with E-state index in [2.05, 4.69) is 10.2 Å². The largest absolute Gasteiger partial charge is 0.315 e. The van der Waals surface area contributed by atoms with Crippen molar-refractivity contribution in [2.75, 3.05) is 39.3 Å². The van der Waals surface area contributed by atoms with Crippen molar-refractivity contribution in [3.05, 3.63) is 29.3 Å². The first-order chi connectivity index (χ1) is 10.1. The van der Waals surface area contributed by atoms with E-state index >= 15 is 0 Å². The fourth-order valence-electron chi connectivity index (χ4n) is 3.04. The number of hydrogen-bond donors (Lipinski definition) is 1. The minimum Gasteiger partial charge on any atom is -0.315 e. The van der Waals surface area contributed by atoms with Crippen molar-refractivity contribution in [1.29, 1.82) is 0 Å². The highest BCUT2D eigenvalue weighted by Gasteiger charge is 2.31. The van der Waals surface area contributed by atoms with Crippen molar-refractivity contribution in [3.8, 4) is 0 Å². The van der Waals surface area contributed by atoms with Crippen molar-refractivity contribution in [1.82, 2.24) is 14.5 Å². The Morgan fingerprint density at radius 1 is 1.18 bits per heavy atom. The number of rotatable bonds is 3. The quantitative estimate of drug-likeness (QED) is 0.880. The first kappa shape index (κ1) is 18.0. The van der Waals surface area contributed by atoms with Crippen LogP contribution in [0.2, 0.25) is 5.02 Å². The molecule has 1 aromatic carbocycles. The Balaban J connectivity index is 0.00000176. The Hall–Kier alpha value is -0.370. The van der Waals surface area contributed by atoms with Crippen LogP contribution in [0.3, 0.4) is 0 Å². The van der Waals surface area contributed by atoms with Crippen molar-refractivity contribution in [3.63, 3.8) is 0 Å². The molecule has 1 aromatic rings. The molecule has 1 unspecified atom stereocenters. The third-order valence-electron chi connectivity index (χ3n) is 4.26. The molecule has 124 valence electrons. The Bertz CT molecular complexity index is 598. The van der Waals surface area contributed by atoms with Crippen molar-refractivity contribution in [2.45, 2.75) is 17.4 Å². The summed E-state index contributed by atoms with van der Waals surface area (Å²) in [4.78, 5) is 2.68. The van der Waals surface area contributed by atoms with Crippen molar-refractivity contribution >= 4 is 34.0 Å². The Kier molecular flexibility index (Phi) is 6.10. The molecule has 0 radical (unpaired) electrons. The lowest BCUT2D eigenvalue weighted by Gasteiger charge is -2.37. The van der Waals surface area contributed by atoms with Gasteiger partial charge in [-0.3, -0.25) is 4.90 Å². The molecule has 0 spiro atoms. The second-order valence-corrected chi connectivity index (χ2v) is 7.92. The van der Waals surface area contributed by atoms with Gasteiger partial charge in [-0.2, -0.15) is 4.31 Å². The molecular formula is C14H21Cl2N3O2S. The lowest BCUT2D eigenvalue weighted by atomic mass is 10.2. The summed E-state index contributed by atoms with van der Waals surface area (Å²) in [6.07, 6.45) is 1.15. The highest BCUT2D eigenvalue weighted by Crippen LogP contribution is 2.22. The van der Waals surface area contributed by atoms with Crippen LogP contribution in [0.4, 0.5) is 0 Å². The lowest BCUT2D eigenvalue weighted by Crippen LogP contribution is -2.52. The highest BCUT2D eigenvalue weighted by atomic mass is 35.5. The molecule has 0 bridgehead atoms. The van der Waals surface area contributed by atoms with Gasteiger partial charge in [0.2, 0.25) is 10.0 Å². The van der Waals surface area contributed by atoms with E-state index < -0.39 is 10.0 Å².